The standard InChI is InChI=1S/C20H32N4O/c25-20(19-9-4-5-10-21-19)22-11-6-12-23-13-15-24(16-14-23)17-18-7-2-1-3-8-18/h1-3,7-8,19,21H,4-6,9-17H2,(H,22,25). The van der Waals surface area contributed by atoms with Gasteiger partial charge in [-0.05, 0) is 37.9 Å². The third kappa shape index (κ3) is 6.10. The van der Waals surface area contributed by atoms with Gasteiger partial charge in [-0.15, -0.1) is 0 Å². The van der Waals surface area contributed by atoms with E-state index in [1.165, 1.54) is 18.4 Å². The maximum atomic E-state index is 12.1. The Balaban J connectivity index is 1.26. The van der Waals surface area contributed by atoms with Crippen LogP contribution in [-0.2, 0) is 11.3 Å². The average molecular weight is 345 g/mol. The molecule has 0 radical (unpaired) electrons. The molecule has 0 saturated carbocycles. The number of piperazine rings is 1. The summed E-state index contributed by atoms with van der Waals surface area (Å²) in [6.07, 6.45) is 4.38. The Morgan fingerprint density at radius 3 is 2.56 bits per heavy atom. The summed E-state index contributed by atoms with van der Waals surface area (Å²) in [6, 6.07) is 10.7. The van der Waals surface area contributed by atoms with Crippen LogP contribution in [0, 0.1) is 0 Å². The Labute approximate surface area is 151 Å². The predicted molar refractivity (Wildman–Crippen MR) is 101 cm³/mol. The summed E-state index contributed by atoms with van der Waals surface area (Å²) in [4.78, 5) is 17.1. The lowest BCUT2D eigenvalue weighted by Crippen LogP contribution is -2.48. The van der Waals surface area contributed by atoms with Gasteiger partial charge in [-0.1, -0.05) is 36.8 Å². The van der Waals surface area contributed by atoms with E-state index in [1.807, 2.05) is 0 Å². The maximum absolute atomic E-state index is 12.1. The molecule has 1 amide bonds. The van der Waals surface area contributed by atoms with Crippen molar-refractivity contribution in [3.05, 3.63) is 35.9 Å². The summed E-state index contributed by atoms with van der Waals surface area (Å²) in [5.74, 6) is 0.187. The second-order valence-electron chi connectivity index (χ2n) is 7.25. The third-order valence-corrected chi connectivity index (χ3v) is 5.29. The molecule has 2 aliphatic heterocycles. The highest BCUT2D eigenvalue weighted by molar-refractivity contribution is 5.81. The van der Waals surface area contributed by atoms with Gasteiger partial charge in [0.1, 0.15) is 0 Å². The molecule has 0 aliphatic carbocycles. The van der Waals surface area contributed by atoms with Crippen LogP contribution in [0.1, 0.15) is 31.2 Å². The normalized spacial score (nSPS) is 22.6. The van der Waals surface area contributed by atoms with Gasteiger partial charge in [-0.25, -0.2) is 0 Å². The van der Waals surface area contributed by atoms with Crippen LogP contribution in [0.15, 0.2) is 30.3 Å². The van der Waals surface area contributed by atoms with Crippen LogP contribution in [-0.4, -0.2) is 67.6 Å². The predicted octanol–water partition coefficient (Wildman–Crippen LogP) is 1.45. The molecule has 25 heavy (non-hydrogen) atoms. The summed E-state index contributed by atoms with van der Waals surface area (Å²) in [6.45, 7) is 8.43. The number of hydrogen-bond acceptors (Lipinski definition) is 4. The molecule has 3 rings (SSSR count). The summed E-state index contributed by atoms with van der Waals surface area (Å²) in [5.41, 5.74) is 1.40. The number of hydrogen-bond donors (Lipinski definition) is 2. The van der Waals surface area contributed by atoms with Crippen molar-refractivity contribution in [3.8, 4) is 0 Å². The molecule has 5 nitrogen and oxygen atoms in total. The molecular formula is C20H32N4O. The van der Waals surface area contributed by atoms with Crippen LogP contribution in [0.2, 0.25) is 0 Å². The van der Waals surface area contributed by atoms with E-state index in [2.05, 4.69) is 50.8 Å². The van der Waals surface area contributed by atoms with Crippen LogP contribution >= 0.6 is 0 Å². The zero-order valence-electron chi connectivity index (χ0n) is 15.3. The van der Waals surface area contributed by atoms with Gasteiger partial charge in [0.25, 0.3) is 0 Å². The van der Waals surface area contributed by atoms with E-state index in [4.69, 9.17) is 0 Å². The molecule has 2 N–H and O–H groups in total. The number of nitrogens with zero attached hydrogens (tertiary/aromatic N) is 2. The van der Waals surface area contributed by atoms with Crippen LogP contribution in [0.3, 0.4) is 0 Å². The van der Waals surface area contributed by atoms with Crippen molar-refractivity contribution in [1.82, 2.24) is 20.4 Å². The number of rotatable bonds is 7. The molecule has 1 atom stereocenters. The first-order valence-corrected chi connectivity index (χ1v) is 9.81. The third-order valence-electron chi connectivity index (χ3n) is 5.29. The highest BCUT2D eigenvalue weighted by Crippen LogP contribution is 2.09. The minimum absolute atomic E-state index is 0.0373. The van der Waals surface area contributed by atoms with Gasteiger partial charge in [0.05, 0.1) is 6.04 Å². The Hall–Kier alpha value is -1.43. The lowest BCUT2D eigenvalue weighted by molar-refractivity contribution is -0.123. The summed E-state index contributed by atoms with van der Waals surface area (Å²) < 4.78 is 0. The first-order valence-electron chi connectivity index (χ1n) is 9.81. The molecular weight excluding hydrogens is 312 g/mol. The van der Waals surface area contributed by atoms with Crippen molar-refractivity contribution >= 4 is 5.91 Å². The lowest BCUT2D eigenvalue weighted by atomic mass is 10.0. The Bertz CT molecular complexity index is 508. The van der Waals surface area contributed by atoms with E-state index in [1.54, 1.807) is 0 Å². The van der Waals surface area contributed by atoms with Gasteiger partial charge in [0.15, 0.2) is 0 Å². The fourth-order valence-corrected chi connectivity index (χ4v) is 3.73. The number of benzene rings is 1. The zero-order valence-corrected chi connectivity index (χ0v) is 15.3. The molecule has 1 unspecified atom stereocenters. The first-order chi connectivity index (χ1) is 12.3. The SMILES string of the molecule is O=C(NCCCN1CCN(Cc2ccccc2)CC1)C1CCCCN1. The second kappa shape index (κ2) is 9.90. The highest BCUT2D eigenvalue weighted by Gasteiger charge is 2.20. The van der Waals surface area contributed by atoms with Crippen molar-refractivity contribution in [3.63, 3.8) is 0 Å². The number of piperidine rings is 1. The van der Waals surface area contributed by atoms with Crippen LogP contribution < -0.4 is 10.6 Å². The fraction of sp³-hybridized carbons (Fsp3) is 0.650. The summed E-state index contributed by atoms with van der Waals surface area (Å²) in [7, 11) is 0. The van der Waals surface area contributed by atoms with E-state index < -0.39 is 0 Å². The lowest BCUT2D eigenvalue weighted by Gasteiger charge is -2.34. The fourth-order valence-electron chi connectivity index (χ4n) is 3.73. The van der Waals surface area contributed by atoms with Crippen LogP contribution in [0.4, 0.5) is 0 Å². The number of nitrogens with one attached hydrogen (secondary N) is 2. The van der Waals surface area contributed by atoms with Gasteiger partial charge < -0.3 is 15.5 Å². The van der Waals surface area contributed by atoms with Crippen LogP contribution in [0.5, 0.6) is 0 Å². The van der Waals surface area contributed by atoms with Gasteiger partial charge >= 0.3 is 0 Å². The van der Waals surface area contributed by atoms with Gasteiger partial charge in [0.2, 0.25) is 5.91 Å². The van der Waals surface area contributed by atoms with Crippen molar-refractivity contribution in [2.45, 2.75) is 38.3 Å². The average Bonchev–Trinajstić information content (AvgIpc) is 2.68. The van der Waals surface area contributed by atoms with Crippen LogP contribution in [0.25, 0.3) is 0 Å². The zero-order chi connectivity index (χ0) is 17.3. The summed E-state index contributed by atoms with van der Waals surface area (Å²) in [5, 5.41) is 6.40. The minimum Gasteiger partial charge on any atom is -0.355 e. The monoisotopic (exact) mass is 344 g/mol. The van der Waals surface area contributed by atoms with Gasteiger partial charge in [-0.2, -0.15) is 0 Å². The van der Waals surface area contributed by atoms with E-state index in [0.717, 1.165) is 65.2 Å². The van der Waals surface area contributed by atoms with E-state index in [-0.39, 0.29) is 11.9 Å². The van der Waals surface area contributed by atoms with E-state index in [0.29, 0.717) is 0 Å². The molecule has 0 spiro atoms. The van der Waals surface area contributed by atoms with E-state index in [9.17, 15) is 4.79 Å². The Morgan fingerprint density at radius 2 is 1.84 bits per heavy atom. The van der Waals surface area contributed by atoms with E-state index >= 15 is 0 Å². The molecule has 0 bridgehead atoms. The molecule has 5 heteroatoms. The maximum Gasteiger partial charge on any atom is 0.237 e. The first kappa shape index (κ1) is 18.4. The number of amides is 1. The smallest absolute Gasteiger partial charge is 0.237 e. The van der Waals surface area contributed by atoms with Crippen molar-refractivity contribution in [1.29, 1.82) is 0 Å². The van der Waals surface area contributed by atoms with Crippen molar-refractivity contribution in [2.75, 3.05) is 45.8 Å². The molecule has 0 aromatic heterocycles. The number of carbonyl (C=O) groups excluding carboxylic acids is 1. The van der Waals surface area contributed by atoms with Crippen molar-refractivity contribution in [2.24, 2.45) is 0 Å². The Morgan fingerprint density at radius 1 is 1.08 bits per heavy atom. The topological polar surface area (TPSA) is 47.6 Å². The van der Waals surface area contributed by atoms with Crippen molar-refractivity contribution < 1.29 is 4.79 Å². The van der Waals surface area contributed by atoms with Gasteiger partial charge in [-0.3, -0.25) is 9.69 Å². The largest absolute Gasteiger partial charge is 0.355 e. The molecule has 2 saturated heterocycles. The van der Waals surface area contributed by atoms with Gasteiger partial charge in [0, 0.05) is 39.3 Å². The minimum atomic E-state index is 0.0373. The summed E-state index contributed by atoms with van der Waals surface area (Å²) >= 11 is 0. The number of carbonyl (C=O) groups is 1. The molecule has 2 aliphatic rings. The molecule has 1 aromatic rings. The molecule has 2 heterocycles. The highest BCUT2D eigenvalue weighted by atomic mass is 16.2. The molecule has 138 valence electrons. The molecule has 1 aromatic carbocycles. The second-order valence-corrected chi connectivity index (χ2v) is 7.25. The Kier molecular flexibility index (Phi) is 7.27. The quantitative estimate of drug-likeness (QED) is 0.735. The molecule has 2 fully saturated rings.